The first-order valence-electron chi connectivity index (χ1n) is 8.33. The van der Waals surface area contributed by atoms with Crippen LogP contribution in [0.25, 0.3) is 0 Å². The van der Waals surface area contributed by atoms with Crippen molar-refractivity contribution in [3.8, 4) is 0 Å². The maximum Gasteiger partial charge on any atom is 0.328 e. The number of carbonyl (C=O) groups is 1. The summed E-state index contributed by atoms with van der Waals surface area (Å²) in [5.41, 5.74) is 0. The van der Waals surface area contributed by atoms with E-state index in [1.807, 2.05) is 12.2 Å². The van der Waals surface area contributed by atoms with Crippen LogP contribution in [0.5, 0.6) is 0 Å². The number of unbranched alkanes of at least 4 members (excludes halogenated alkanes) is 11. The SMILES string of the molecule is CCCCCCCCCCCCC/C=C/C=C\C(=O)O. The van der Waals surface area contributed by atoms with Gasteiger partial charge in [-0.25, -0.2) is 4.79 Å². The van der Waals surface area contributed by atoms with Crippen LogP contribution in [0.4, 0.5) is 0 Å². The highest BCUT2D eigenvalue weighted by Crippen LogP contribution is 2.11. The van der Waals surface area contributed by atoms with Gasteiger partial charge in [0.25, 0.3) is 0 Å². The van der Waals surface area contributed by atoms with E-state index in [9.17, 15) is 4.79 Å². The lowest BCUT2D eigenvalue weighted by atomic mass is 10.1. The summed E-state index contributed by atoms with van der Waals surface area (Å²) in [7, 11) is 0. The summed E-state index contributed by atoms with van der Waals surface area (Å²) in [5.74, 6) is -0.885. The second-order valence-corrected chi connectivity index (χ2v) is 5.45. The van der Waals surface area contributed by atoms with E-state index < -0.39 is 5.97 Å². The second kappa shape index (κ2) is 16.0. The molecule has 0 aromatic carbocycles. The number of hydrogen-bond donors (Lipinski definition) is 1. The summed E-state index contributed by atoms with van der Waals surface area (Å²) >= 11 is 0. The minimum absolute atomic E-state index is 0.885. The largest absolute Gasteiger partial charge is 0.478 e. The van der Waals surface area contributed by atoms with Crippen molar-refractivity contribution < 1.29 is 9.90 Å². The number of aliphatic carboxylic acids is 1. The van der Waals surface area contributed by atoms with Crippen LogP contribution in [0.15, 0.2) is 24.3 Å². The van der Waals surface area contributed by atoms with Gasteiger partial charge in [-0.05, 0) is 12.8 Å². The van der Waals surface area contributed by atoms with E-state index in [0.717, 1.165) is 12.5 Å². The molecule has 2 nitrogen and oxygen atoms in total. The third-order valence-electron chi connectivity index (χ3n) is 3.46. The summed E-state index contributed by atoms with van der Waals surface area (Å²) in [6.07, 6.45) is 22.7. The van der Waals surface area contributed by atoms with Crippen LogP contribution in [0.3, 0.4) is 0 Å². The molecular weight excluding hydrogens is 248 g/mol. The van der Waals surface area contributed by atoms with Crippen molar-refractivity contribution in [3.63, 3.8) is 0 Å². The van der Waals surface area contributed by atoms with Crippen molar-refractivity contribution in [1.82, 2.24) is 0 Å². The molecule has 0 rings (SSSR count). The standard InChI is InChI=1S/C18H32O2/c1-2-3-4-5-6-7-8-9-10-11-12-13-14-15-16-17-18(19)20/h14-17H,2-13H2,1H3,(H,19,20)/b15-14+,17-16-. The molecule has 0 saturated carbocycles. The summed E-state index contributed by atoms with van der Waals surface area (Å²) in [6.45, 7) is 2.26. The third-order valence-corrected chi connectivity index (χ3v) is 3.46. The Morgan fingerprint density at radius 1 is 0.800 bits per heavy atom. The highest BCUT2D eigenvalue weighted by molar-refractivity contribution is 5.80. The van der Waals surface area contributed by atoms with Crippen molar-refractivity contribution in [2.75, 3.05) is 0 Å². The Balaban J connectivity index is 3.11. The summed E-state index contributed by atoms with van der Waals surface area (Å²) < 4.78 is 0. The Labute approximate surface area is 125 Å². The van der Waals surface area contributed by atoms with Gasteiger partial charge in [-0.1, -0.05) is 89.4 Å². The molecule has 0 aromatic rings. The number of carboxylic acids is 1. The van der Waals surface area contributed by atoms with Gasteiger partial charge >= 0.3 is 5.97 Å². The van der Waals surface area contributed by atoms with Crippen molar-refractivity contribution in [2.24, 2.45) is 0 Å². The highest BCUT2D eigenvalue weighted by Gasteiger charge is 1.92. The van der Waals surface area contributed by atoms with E-state index >= 15 is 0 Å². The van der Waals surface area contributed by atoms with Gasteiger partial charge in [0.1, 0.15) is 0 Å². The number of carboxylic acid groups (broad SMARTS) is 1. The van der Waals surface area contributed by atoms with Gasteiger partial charge in [-0.2, -0.15) is 0 Å². The Bertz CT molecular complexity index is 267. The van der Waals surface area contributed by atoms with Crippen molar-refractivity contribution in [3.05, 3.63) is 24.3 Å². The van der Waals surface area contributed by atoms with Gasteiger partial charge in [-0.3, -0.25) is 0 Å². The molecule has 116 valence electrons. The van der Waals surface area contributed by atoms with Gasteiger partial charge in [0.2, 0.25) is 0 Å². The lowest BCUT2D eigenvalue weighted by Crippen LogP contribution is -1.84. The zero-order chi connectivity index (χ0) is 14.9. The molecule has 0 bridgehead atoms. The zero-order valence-electron chi connectivity index (χ0n) is 13.2. The molecule has 0 saturated heterocycles. The topological polar surface area (TPSA) is 37.3 Å². The van der Waals surface area contributed by atoms with Crippen LogP contribution < -0.4 is 0 Å². The molecule has 0 amide bonds. The van der Waals surface area contributed by atoms with Crippen LogP contribution in [-0.4, -0.2) is 11.1 Å². The Morgan fingerprint density at radius 2 is 1.30 bits per heavy atom. The fourth-order valence-corrected chi connectivity index (χ4v) is 2.24. The summed E-state index contributed by atoms with van der Waals surface area (Å²) in [4.78, 5) is 10.2. The molecule has 0 heterocycles. The third kappa shape index (κ3) is 16.9. The zero-order valence-corrected chi connectivity index (χ0v) is 13.2. The number of allylic oxidation sites excluding steroid dienone is 3. The van der Waals surface area contributed by atoms with E-state index in [4.69, 9.17) is 5.11 Å². The minimum Gasteiger partial charge on any atom is -0.478 e. The first kappa shape index (κ1) is 18.9. The van der Waals surface area contributed by atoms with Gasteiger partial charge in [0.15, 0.2) is 0 Å². The Morgan fingerprint density at radius 3 is 1.80 bits per heavy atom. The molecule has 2 heteroatoms. The van der Waals surface area contributed by atoms with Crippen molar-refractivity contribution in [2.45, 2.75) is 84.0 Å². The average Bonchev–Trinajstić information content (AvgIpc) is 2.43. The maximum atomic E-state index is 10.2. The lowest BCUT2D eigenvalue weighted by molar-refractivity contribution is -0.131. The molecule has 0 fully saturated rings. The monoisotopic (exact) mass is 280 g/mol. The van der Waals surface area contributed by atoms with Gasteiger partial charge in [0, 0.05) is 6.08 Å². The highest BCUT2D eigenvalue weighted by atomic mass is 16.4. The van der Waals surface area contributed by atoms with Crippen LogP contribution in [0, 0.1) is 0 Å². The summed E-state index contributed by atoms with van der Waals surface area (Å²) in [6, 6.07) is 0. The Hall–Kier alpha value is -1.05. The fraction of sp³-hybridized carbons (Fsp3) is 0.722. The minimum atomic E-state index is -0.885. The normalized spacial score (nSPS) is 11.7. The molecule has 0 atom stereocenters. The Kier molecular flexibility index (Phi) is 15.2. The van der Waals surface area contributed by atoms with Crippen LogP contribution >= 0.6 is 0 Å². The molecule has 0 aliphatic heterocycles. The quantitative estimate of drug-likeness (QED) is 0.245. The molecule has 0 aromatic heterocycles. The van der Waals surface area contributed by atoms with Crippen molar-refractivity contribution in [1.29, 1.82) is 0 Å². The van der Waals surface area contributed by atoms with Crippen LogP contribution in [0.2, 0.25) is 0 Å². The first-order chi connectivity index (χ1) is 9.77. The van der Waals surface area contributed by atoms with E-state index in [-0.39, 0.29) is 0 Å². The molecule has 0 unspecified atom stereocenters. The first-order valence-corrected chi connectivity index (χ1v) is 8.33. The maximum absolute atomic E-state index is 10.2. The van der Waals surface area contributed by atoms with E-state index in [1.54, 1.807) is 6.08 Å². The van der Waals surface area contributed by atoms with Crippen molar-refractivity contribution >= 4 is 5.97 Å². The summed E-state index contributed by atoms with van der Waals surface area (Å²) in [5, 5.41) is 8.40. The van der Waals surface area contributed by atoms with E-state index in [1.165, 1.54) is 70.6 Å². The van der Waals surface area contributed by atoms with Crippen LogP contribution in [0.1, 0.15) is 84.0 Å². The van der Waals surface area contributed by atoms with Crippen LogP contribution in [-0.2, 0) is 4.79 Å². The molecule has 20 heavy (non-hydrogen) atoms. The van der Waals surface area contributed by atoms with Gasteiger partial charge in [-0.15, -0.1) is 0 Å². The number of rotatable bonds is 14. The smallest absolute Gasteiger partial charge is 0.328 e. The molecule has 0 radical (unpaired) electrons. The van der Waals surface area contributed by atoms with Gasteiger partial charge < -0.3 is 5.11 Å². The molecule has 0 spiro atoms. The molecular formula is C18H32O2. The number of hydrogen-bond acceptors (Lipinski definition) is 1. The predicted molar refractivity (Wildman–Crippen MR) is 87.0 cm³/mol. The molecule has 0 aliphatic rings. The molecule has 1 N–H and O–H groups in total. The average molecular weight is 280 g/mol. The lowest BCUT2D eigenvalue weighted by Gasteiger charge is -2.01. The fourth-order valence-electron chi connectivity index (χ4n) is 2.24. The van der Waals surface area contributed by atoms with E-state index in [2.05, 4.69) is 6.92 Å². The predicted octanol–water partition coefficient (Wildman–Crippen LogP) is 5.88. The molecule has 0 aliphatic carbocycles. The van der Waals surface area contributed by atoms with E-state index in [0.29, 0.717) is 0 Å². The van der Waals surface area contributed by atoms with Gasteiger partial charge in [0.05, 0.1) is 0 Å². The second-order valence-electron chi connectivity index (χ2n) is 5.45.